The van der Waals surface area contributed by atoms with E-state index in [0.29, 0.717) is 21.8 Å². The van der Waals surface area contributed by atoms with Crippen molar-refractivity contribution in [2.45, 2.75) is 19.9 Å². The van der Waals surface area contributed by atoms with Crippen LogP contribution in [-0.2, 0) is 0 Å². The van der Waals surface area contributed by atoms with Crippen molar-refractivity contribution in [2.24, 2.45) is 0 Å². The molecule has 0 atom stereocenters. The number of carbonyl (C=O) groups excluding carboxylic acids is 2. The molecule has 0 aliphatic carbocycles. The summed E-state index contributed by atoms with van der Waals surface area (Å²) in [7, 11) is 0. The van der Waals surface area contributed by atoms with Crippen molar-refractivity contribution in [3.8, 4) is 0 Å². The first kappa shape index (κ1) is 15.5. The Morgan fingerprint density at radius 2 is 1.90 bits per heavy atom. The third-order valence-electron chi connectivity index (χ3n) is 2.68. The van der Waals surface area contributed by atoms with Gasteiger partial charge in [-0.25, -0.2) is 0 Å². The van der Waals surface area contributed by atoms with Gasteiger partial charge in [-0.2, -0.15) is 11.3 Å². The molecule has 110 valence electrons. The first-order chi connectivity index (χ1) is 9.97. The molecule has 2 rings (SSSR count). The molecule has 6 heteroatoms. The Balaban J connectivity index is 2.19. The fraction of sp³-hybridized carbons (Fsp3) is 0.200. The van der Waals surface area contributed by atoms with Crippen LogP contribution < -0.4 is 10.6 Å². The molecule has 0 spiro atoms. The fourth-order valence-electron chi connectivity index (χ4n) is 1.70. The summed E-state index contributed by atoms with van der Waals surface area (Å²) in [5.74, 6) is -0.452. The van der Waals surface area contributed by atoms with Crippen molar-refractivity contribution in [2.75, 3.05) is 5.32 Å². The summed E-state index contributed by atoms with van der Waals surface area (Å²) in [6, 6.07) is 6.56. The van der Waals surface area contributed by atoms with Crippen LogP contribution in [0.2, 0.25) is 5.02 Å². The topological polar surface area (TPSA) is 58.2 Å². The highest BCUT2D eigenvalue weighted by atomic mass is 35.5. The molecule has 0 unspecified atom stereocenters. The average molecular weight is 323 g/mol. The third-order valence-corrected chi connectivity index (χ3v) is 3.69. The molecule has 0 aliphatic rings. The van der Waals surface area contributed by atoms with Crippen molar-refractivity contribution in [1.29, 1.82) is 0 Å². The minimum Gasteiger partial charge on any atom is -0.350 e. The van der Waals surface area contributed by atoms with Crippen molar-refractivity contribution >= 4 is 40.4 Å². The molecule has 1 aromatic heterocycles. The van der Waals surface area contributed by atoms with Crippen LogP contribution in [0.15, 0.2) is 35.0 Å². The van der Waals surface area contributed by atoms with Gasteiger partial charge >= 0.3 is 0 Å². The maximum atomic E-state index is 12.0. The second kappa shape index (κ2) is 6.74. The smallest absolute Gasteiger partial charge is 0.256 e. The summed E-state index contributed by atoms with van der Waals surface area (Å²) < 4.78 is 0. The average Bonchev–Trinajstić information content (AvgIpc) is 2.94. The van der Waals surface area contributed by atoms with Crippen LogP contribution in [-0.4, -0.2) is 17.9 Å². The van der Waals surface area contributed by atoms with Gasteiger partial charge in [-0.1, -0.05) is 11.6 Å². The van der Waals surface area contributed by atoms with E-state index in [0.717, 1.165) is 0 Å². The van der Waals surface area contributed by atoms with Gasteiger partial charge in [0.05, 0.1) is 16.3 Å². The van der Waals surface area contributed by atoms with Crippen LogP contribution in [0.3, 0.4) is 0 Å². The number of thiophene rings is 1. The molecular weight excluding hydrogens is 308 g/mol. The summed E-state index contributed by atoms with van der Waals surface area (Å²) in [5, 5.41) is 9.47. The highest BCUT2D eigenvalue weighted by Crippen LogP contribution is 2.24. The minimum atomic E-state index is -0.250. The molecule has 0 saturated heterocycles. The number of rotatable bonds is 4. The Bertz CT molecular complexity index is 654. The quantitative estimate of drug-likeness (QED) is 0.899. The van der Waals surface area contributed by atoms with Crippen LogP contribution in [0.1, 0.15) is 34.6 Å². The first-order valence-corrected chi connectivity index (χ1v) is 7.73. The second-order valence-corrected chi connectivity index (χ2v) is 5.98. The van der Waals surface area contributed by atoms with Gasteiger partial charge < -0.3 is 10.6 Å². The third kappa shape index (κ3) is 4.06. The Morgan fingerprint density at radius 1 is 1.14 bits per heavy atom. The number of nitrogens with one attached hydrogen (secondary N) is 2. The van der Waals surface area contributed by atoms with E-state index in [-0.39, 0.29) is 17.9 Å². The molecule has 1 aromatic carbocycles. The number of halogens is 1. The molecule has 2 amide bonds. The van der Waals surface area contributed by atoms with Gasteiger partial charge in [0, 0.05) is 17.0 Å². The predicted octanol–water partition coefficient (Wildman–Crippen LogP) is 3.79. The normalized spacial score (nSPS) is 10.5. The summed E-state index contributed by atoms with van der Waals surface area (Å²) in [6.07, 6.45) is 0. The van der Waals surface area contributed by atoms with E-state index in [4.69, 9.17) is 11.6 Å². The van der Waals surface area contributed by atoms with Gasteiger partial charge in [0.1, 0.15) is 0 Å². The number of amides is 2. The Morgan fingerprint density at radius 3 is 2.52 bits per heavy atom. The van der Waals surface area contributed by atoms with Crippen LogP contribution >= 0.6 is 22.9 Å². The number of anilines is 1. The van der Waals surface area contributed by atoms with E-state index < -0.39 is 0 Å². The van der Waals surface area contributed by atoms with E-state index in [2.05, 4.69) is 10.6 Å². The number of carbonyl (C=O) groups is 2. The van der Waals surface area contributed by atoms with Gasteiger partial charge in [0.25, 0.3) is 11.8 Å². The summed E-state index contributed by atoms with van der Waals surface area (Å²) in [4.78, 5) is 24.0. The standard InChI is InChI=1S/C15H15ClN2O2S/c1-9(2)17-14(19)10-3-4-12(16)13(7-10)18-15(20)11-5-6-21-8-11/h3-9H,1-2H3,(H,17,19)(H,18,20). The molecule has 0 saturated carbocycles. The molecule has 2 aromatic rings. The monoisotopic (exact) mass is 322 g/mol. The van der Waals surface area contributed by atoms with Crippen molar-refractivity contribution in [3.05, 3.63) is 51.2 Å². The number of hydrogen-bond donors (Lipinski definition) is 2. The molecule has 0 radical (unpaired) electrons. The summed E-state index contributed by atoms with van der Waals surface area (Å²) >= 11 is 7.51. The van der Waals surface area contributed by atoms with Crippen LogP contribution in [0.5, 0.6) is 0 Å². The Labute approximate surface area is 132 Å². The van der Waals surface area contributed by atoms with E-state index >= 15 is 0 Å². The lowest BCUT2D eigenvalue weighted by molar-refractivity contribution is 0.0942. The zero-order chi connectivity index (χ0) is 15.4. The Kier molecular flexibility index (Phi) is 4.98. The van der Waals surface area contributed by atoms with Crippen LogP contribution in [0, 0.1) is 0 Å². The lowest BCUT2D eigenvalue weighted by atomic mass is 10.1. The van der Waals surface area contributed by atoms with Gasteiger partial charge in [0.15, 0.2) is 0 Å². The second-order valence-electron chi connectivity index (χ2n) is 4.79. The van der Waals surface area contributed by atoms with E-state index in [1.807, 2.05) is 19.2 Å². The van der Waals surface area contributed by atoms with E-state index in [1.165, 1.54) is 11.3 Å². The van der Waals surface area contributed by atoms with Gasteiger partial charge in [-0.3, -0.25) is 9.59 Å². The van der Waals surface area contributed by atoms with Crippen LogP contribution in [0.4, 0.5) is 5.69 Å². The lowest BCUT2D eigenvalue weighted by Crippen LogP contribution is -2.30. The van der Waals surface area contributed by atoms with Crippen molar-refractivity contribution < 1.29 is 9.59 Å². The maximum absolute atomic E-state index is 12.0. The highest BCUT2D eigenvalue weighted by Gasteiger charge is 2.13. The molecule has 0 aliphatic heterocycles. The minimum absolute atomic E-state index is 0.0389. The first-order valence-electron chi connectivity index (χ1n) is 6.41. The zero-order valence-corrected chi connectivity index (χ0v) is 13.2. The lowest BCUT2D eigenvalue weighted by Gasteiger charge is -2.11. The molecule has 0 bridgehead atoms. The molecule has 2 N–H and O–H groups in total. The number of hydrogen-bond acceptors (Lipinski definition) is 3. The van der Waals surface area contributed by atoms with Crippen LogP contribution in [0.25, 0.3) is 0 Å². The van der Waals surface area contributed by atoms with E-state index in [9.17, 15) is 9.59 Å². The summed E-state index contributed by atoms with van der Waals surface area (Å²) in [6.45, 7) is 3.76. The predicted molar refractivity (Wildman–Crippen MR) is 86.3 cm³/mol. The molecule has 21 heavy (non-hydrogen) atoms. The van der Waals surface area contributed by atoms with Gasteiger partial charge in [0.2, 0.25) is 0 Å². The molecule has 1 heterocycles. The van der Waals surface area contributed by atoms with Crippen molar-refractivity contribution in [3.63, 3.8) is 0 Å². The number of benzene rings is 1. The SMILES string of the molecule is CC(C)NC(=O)c1ccc(Cl)c(NC(=O)c2ccsc2)c1. The summed E-state index contributed by atoms with van der Waals surface area (Å²) in [5.41, 5.74) is 1.44. The van der Waals surface area contributed by atoms with E-state index in [1.54, 1.807) is 29.6 Å². The highest BCUT2D eigenvalue weighted by molar-refractivity contribution is 7.08. The van der Waals surface area contributed by atoms with Gasteiger partial charge in [-0.15, -0.1) is 0 Å². The molecular formula is C15H15ClN2O2S. The molecule has 0 fully saturated rings. The zero-order valence-electron chi connectivity index (χ0n) is 11.6. The molecule has 4 nitrogen and oxygen atoms in total. The maximum Gasteiger partial charge on any atom is 0.256 e. The van der Waals surface area contributed by atoms with Gasteiger partial charge in [-0.05, 0) is 43.5 Å². The van der Waals surface area contributed by atoms with Crippen molar-refractivity contribution in [1.82, 2.24) is 5.32 Å². The largest absolute Gasteiger partial charge is 0.350 e. The Hall–Kier alpha value is -1.85. The fourth-order valence-corrected chi connectivity index (χ4v) is 2.50.